The lowest BCUT2D eigenvalue weighted by Crippen LogP contribution is -2.60. The Hall–Kier alpha value is -6.03. The summed E-state index contributed by atoms with van der Waals surface area (Å²) in [6, 6.07) is 0. The molecule has 103 heavy (non-hydrogen) atoms. The molecule has 8 aliphatic heterocycles. The van der Waals surface area contributed by atoms with E-state index in [1.54, 1.807) is 13.8 Å². The number of aldehydes is 1. The topological polar surface area (TPSA) is 557 Å². The van der Waals surface area contributed by atoms with Crippen LogP contribution in [-0.4, -0.2) is 313 Å². The highest BCUT2D eigenvalue weighted by Crippen LogP contribution is 2.52. The molecule has 0 bridgehead atoms. The maximum Gasteiger partial charge on any atom is 0.338 e. The Morgan fingerprint density at radius 3 is 1.10 bits per heavy atom. The molecule has 0 aromatic heterocycles. The van der Waals surface area contributed by atoms with Crippen molar-refractivity contribution in [3.05, 3.63) is 84.3 Å². The van der Waals surface area contributed by atoms with Gasteiger partial charge in [0, 0.05) is 53.3 Å². The molecule has 576 valence electrons. The number of aliphatic hydroxyl groups excluding tert-OH is 16. The minimum Gasteiger partial charge on any atom is -0.472 e. The minimum atomic E-state index is -2.02. The van der Waals surface area contributed by atoms with E-state index in [-0.39, 0.29) is 35.1 Å². The van der Waals surface area contributed by atoms with E-state index in [9.17, 15) is 96.1 Å². The Morgan fingerprint density at radius 1 is 0.437 bits per heavy atom. The Labute approximate surface area is 587 Å². The summed E-state index contributed by atoms with van der Waals surface area (Å²) in [6.07, 6.45) is -37.1. The van der Waals surface area contributed by atoms with Gasteiger partial charge in [0.25, 0.3) is 0 Å². The average molecular weight is 1480 g/mol. The molecule has 0 amide bonds. The molecule has 0 radical (unpaired) electrons. The highest BCUT2D eigenvalue weighted by atomic mass is 16.8. The smallest absolute Gasteiger partial charge is 0.338 e. The van der Waals surface area contributed by atoms with E-state index in [2.05, 4.69) is 13.2 Å². The average Bonchev–Trinajstić information content (AvgIpc) is 1.67. The fourth-order valence-corrected chi connectivity index (χ4v) is 15.2. The van der Waals surface area contributed by atoms with Crippen molar-refractivity contribution < 1.29 is 181 Å². The molecule has 36 atom stereocenters. The van der Waals surface area contributed by atoms with Crippen molar-refractivity contribution >= 4 is 30.2 Å². The first kappa shape index (κ1) is 79.5. The van der Waals surface area contributed by atoms with Crippen molar-refractivity contribution in [3.8, 4) is 0 Å². The summed E-state index contributed by atoms with van der Waals surface area (Å²) in [7, 11) is 2.22. The summed E-state index contributed by atoms with van der Waals surface area (Å²) in [4.78, 5) is 71.3. The van der Waals surface area contributed by atoms with E-state index < -0.39 is 282 Å². The number of aliphatic hydroxyl groups is 16. The Kier molecular flexibility index (Phi) is 26.1. The summed E-state index contributed by atoms with van der Waals surface area (Å²) in [6.45, 7) is 7.78. The first-order valence-electron chi connectivity index (χ1n) is 33.4. The monoisotopic (exact) mass is 1470 g/mol. The lowest BCUT2D eigenvalue weighted by molar-refractivity contribution is -0.342. The van der Waals surface area contributed by atoms with Crippen LogP contribution in [0, 0.1) is 59.2 Å². The van der Waals surface area contributed by atoms with Crippen LogP contribution in [0.2, 0.25) is 0 Å². The molecule has 10 rings (SSSR count). The highest BCUT2D eigenvalue weighted by molar-refractivity contribution is 5.93. The lowest BCUT2D eigenvalue weighted by atomic mass is 9.76. The number of fused-ring (bicyclic) bond motifs is 2. The SMILES string of the molecule is C=CC1C(OC2OC(CO)C(O)C(O)C2O)OC=C(C(=O)OC2CC3C(C(=O)OC)=COC(OC4OC(CO)C(O)C(O)C4O)C3C2C)C1C/C=C(/C=O)C1C(C(=O)OC2CC3C(C(=O)OC)=COC(OC4OC(CO)C(O)C(O)C4O)C3C2C)=COC(OC2OC(CO)C(O)C(O)C2O)C1C=C. The fourth-order valence-electron chi connectivity index (χ4n) is 15.2. The Morgan fingerprint density at radius 2 is 0.757 bits per heavy atom. The van der Waals surface area contributed by atoms with Crippen molar-refractivity contribution in [1.29, 1.82) is 0 Å². The highest BCUT2D eigenvalue weighted by Gasteiger charge is 2.59. The van der Waals surface area contributed by atoms with Crippen molar-refractivity contribution in [2.75, 3.05) is 40.6 Å². The van der Waals surface area contributed by atoms with Crippen LogP contribution in [-0.2, 0) is 99.8 Å². The molecule has 36 unspecified atom stereocenters. The van der Waals surface area contributed by atoms with Gasteiger partial charge in [0.15, 0.2) is 25.2 Å². The summed E-state index contributed by atoms with van der Waals surface area (Å²) in [5.41, 5.74) is -1.13. The van der Waals surface area contributed by atoms with Crippen LogP contribution in [0.1, 0.15) is 33.1 Å². The summed E-state index contributed by atoms with van der Waals surface area (Å²) >= 11 is 0. The number of esters is 4. The molecule has 4 saturated heterocycles. The Balaban J connectivity index is 0.986. The van der Waals surface area contributed by atoms with Gasteiger partial charge in [-0.15, -0.1) is 13.2 Å². The second-order valence-electron chi connectivity index (χ2n) is 26.8. The van der Waals surface area contributed by atoms with Gasteiger partial charge in [0.2, 0.25) is 25.2 Å². The van der Waals surface area contributed by atoms with Crippen molar-refractivity contribution in [1.82, 2.24) is 0 Å². The zero-order valence-electron chi connectivity index (χ0n) is 56.0. The third-order valence-corrected chi connectivity index (χ3v) is 21.2. The predicted octanol–water partition coefficient (Wildman–Crippen LogP) is -6.72. The second-order valence-corrected chi connectivity index (χ2v) is 26.8. The van der Waals surface area contributed by atoms with Crippen LogP contribution < -0.4 is 0 Å². The second kappa shape index (κ2) is 33.8. The van der Waals surface area contributed by atoms with Crippen molar-refractivity contribution in [2.45, 2.75) is 193 Å². The molecule has 2 saturated carbocycles. The minimum absolute atomic E-state index is 0.0243. The molecule has 37 nitrogen and oxygen atoms in total. The van der Waals surface area contributed by atoms with Crippen molar-refractivity contribution in [3.63, 3.8) is 0 Å². The van der Waals surface area contributed by atoms with Crippen molar-refractivity contribution in [2.24, 2.45) is 59.2 Å². The third kappa shape index (κ3) is 15.6. The van der Waals surface area contributed by atoms with E-state index in [1.807, 2.05) is 0 Å². The standard InChI is InChI=1S/C66H90O37/c1-7-25-27(30(18-90-59(25)100-63-51(80)47(76)43(72)36(14-68)96-63)57(86)94-34-11-28-31(55(84)88-5)19-92-61(40(28)22(34)3)102-65-53(82)49(78)45(74)38(16-70)98-65)10-9-24(13-67)42-26(8-2)60(101-64-52(81)48(77)44(73)37(15-69)97-64)91-21-33(42)58(87)95-35-12-29-32(56(85)89-6)20-93-62(41(29)23(35)4)103-66-54(83)50(79)46(75)39(17-71)99-66/h7-9,13,18-23,25-29,34-54,59-66,68-83H,1-2,10-12,14-17H2,3-6H3/b24-9-. The molecular weight excluding hydrogens is 1380 g/mol. The van der Waals surface area contributed by atoms with Crippen LogP contribution in [0.25, 0.3) is 0 Å². The number of carbonyl (C=O) groups excluding carboxylic acids is 5. The maximum absolute atomic E-state index is 15.3. The van der Waals surface area contributed by atoms with Gasteiger partial charge in [0.05, 0.1) is 93.9 Å². The van der Waals surface area contributed by atoms with Gasteiger partial charge in [-0.3, -0.25) is 4.79 Å². The summed E-state index contributed by atoms with van der Waals surface area (Å²) in [5.74, 6) is -15.1. The van der Waals surface area contributed by atoms with Gasteiger partial charge in [-0.05, 0) is 24.8 Å². The normalized spacial score (nSPS) is 45.3. The lowest BCUT2D eigenvalue weighted by Gasteiger charge is -2.43. The molecule has 0 spiro atoms. The largest absolute Gasteiger partial charge is 0.472 e. The number of hydrogen-bond donors (Lipinski definition) is 16. The van der Waals surface area contributed by atoms with Gasteiger partial charge in [-0.25, -0.2) is 19.2 Å². The molecule has 0 aromatic carbocycles. The van der Waals surface area contributed by atoms with Gasteiger partial charge in [-0.2, -0.15) is 0 Å². The quantitative estimate of drug-likeness (QED) is 0.0140. The van der Waals surface area contributed by atoms with E-state index in [1.165, 1.54) is 18.2 Å². The fraction of sp³-hybridized carbons (Fsp3) is 0.712. The summed E-state index contributed by atoms with van der Waals surface area (Å²) in [5, 5.41) is 169. The molecule has 2 aliphatic carbocycles. The first-order chi connectivity index (χ1) is 49.1. The number of rotatable bonds is 24. The van der Waals surface area contributed by atoms with Gasteiger partial charge in [0.1, 0.15) is 116 Å². The molecular formula is C66H90O37. The predicted molar refractivity (Wildman–Crippen MR) is 330 cm³/mol. The number of allylic oxidation sites excluding steroid dienone is 2. The number of ether oxygens (including phenoxy) is 16. The maximum atomic E-state index is 15.3. The molecule has 10 aliphatic rings. The zero-order valence-corrected chi connectivity index (χ0v) is 56.0. The number of carbonyl (C=O) groups is 5. The van der Waals surface area contributed by atoms with Gasteiger partial charge >= 0.3 is 23.9 Å². The Bertz CT molecular complexity index is 3170. The van der Waals surface area contributed by atoms with E-state index in [4.69, 9.17) is 75.8 Å². The van der Waals surface area contributed by atoms with Crippen LogP contribution in [0.3, 0.4) is 0 Å². The van der Waals surface area contributed by atoms with Crippen LogP contribution >= 0.6 is 0 Å². The number of methoxy groups -OCH3 is 2. The van der Waals surface area contributed by atoms with Crippen LogP contribution in [0.4, 0.5) is 0 Å². The van der Waals surface area contributed by atoms with Gasteiger partial charge < -0.3 is 157 Å². The van der Waals surface area contributed by atoms with E-state index >= 15 is 9.59 Å². The molecule has 0 aromatic rings. The third-order valence-electron chi connectivity index (χ3n) is 21.2. The van der Waals surface area contributed by atoms with Gasteiger partial charge in [-0.1, -0.05) is 32.1 Å². The van der Waals surface area contributed by atoms with E-state index in [0.717, 1.165) is 39.3 Å². The van der Waals surface area contributed by atoms with E-state index in [0.29, 0.717) is 6.29 Å². The zero-order chi connectivity index (χ0) is 74.9. The molecule has 8 heterocycles. The van der Waals surface area contributed by atoms with Crippen LogP contribution in [0.15, 0.2) is 84.3 Å². The van der Waals surface area contributed by atoms with Crippen LogP contribution in [0.5, 0.6) is 0 Å². The molecule has 37 heteroatoms. The molecule has 16 N–H and O–H groups in total. The first-order valence-corrected chi connectivity index (χ1v) is 33.4. The summed E-state index contributed by atoms with van der Waals surface area (Å²) < 4.78 is 93.4. The number of hydrogen-bond acceptors (Lipinski definition) is 37. The molecule has 6 fully saturated rings.